The van der Waals surface area contributed by atoms with Crippen LogP contribution in [0, 0.1) is 0 Å². The van der Waals surface area contributed by atoms with Crippen molar-refractivity contribution in [1.29, 1.82) is 0 Å². The number of rotatable bonds is 7. The van der Waals surface area contributed by atoms with Crippen LogP contribution in [0.2, 0.25) is 0 Å². The van der Waals surface area contributed by atoms with Crippen LogP contribution in [0.25, 0.3) is 0 Å². The molecular weight excluding hydrogens is 462 g/mol. The molecule has 3 aromatic rings. The lowest BCUT2D eigenvalue weighted by atomic mass is 10.2. The molecule has 2 N–H and O–H groups in total. The van der Waals surface area contributed by atoms with Crippen LogP contribution in [-0.2, 0) is 16.2 Å². The molecule has 158 valence electrons. The molecule has 0 saturated heterocycles. The van der Waals surface area contributed by atoms with Gasteiger partial charge in [-0.05, 0) is 35.9 Å². The van der Waals surface area contributed by atoms with E-state index in [1.54, 1.807) is 36.4 Å². The summed E-state index contributed by atoms with van der Waals surface area (Å²) in [5.41, 5.74) is 4.32. The van der Waals surface area contributed by atoms with Crippen molar-refractivity contribution in [3.63, 3.8) is 0 Å². The fourth-order valence-corrected chi connectivity index (χ4v) is 2.97. The number of hydrazone groups is 1. The lowest BCUT2D eigenvalue weighted by molar-refractivity contribution is -0.136. The predicted octanol–water partition coefficient (Wildman–Crippen LogP) is 4.13. The van der Waals surface area contributed by atoms with Crippen molar-refractivity contribution in [2.24, 2.45) is 5.10 Å². The topological polar surface area (TPSA) is 89.0 Å². The third-order valence-corrected chi connectivity index (χ3v) is 4.61. The highest BCUT2D eigenvalue weighted by molar-refractivity contribution is 9.10. The highest BCUT2D eigenvalue weighted by Gasteiger charge is 2.13. The summed E-state index contributed by atoms with van der Waals surface area (Å²) in [5, 5.41) is 6.37. The summed E-state index contributed by atoms with van der Waals surface area (Å²) in [6.45, 7) is 0.388. The maximum Gasteiger partial charge on any atom is 0.329 e. The Morgan fingerprint density at radius 3 is 2.58 bits per heavy atom. The largest absolute Gasteiger partial charge is 0.497 e. The van der Waals surface area contributed by atoms with Gasteiger partial charge in [-0.2, -0.15) is 5.10 Å². The van der Waals surface area contributed by atoms with Crippen LogP contribution in [0.15, 0.2) is 82.4 Å². The second-order valence-electron chi connectivity index (χ2n) is 6.34. The van der Waals surface area contributed by atoms with E-state index < -0.39 is 11.8 Å². The molecule has 0 bridgehead atoms. The zero-order valence-electron chi connectivity index (χ0n) is 16.7. The van der Waals surface area contributed by atoms with Crippen molar-refractivity contribution in [1.82, 2.24) is 5.43 Å². The maximum atomic E-state index is 12.1. The molecule has 0 aliphatic rings. The number of ether oxygens (including phenoxy) is 2. The SMILES string of the molecule is COc1cccc(NC(=O)C(=O)N/N=C/c2cc(Br)ccc2OCc2ccccc2)c1. The number of methoxy groups -OCH3 is 1. The molecule has 3 rings (SSSR count). The van der Waals surface area contributed by atoms with Crippen molar-refractivity contribution in [2.45, 2.75) is 6.61 Å². The summed E-state index contributed by atoms with van der Waals surface area (Å²) < 4.78 is 11.8. The van der Waals surface area contributed by atoms with Gasteiger partial charge in [0, 0.05) is 21.8 Å². The molecule has 0 aliphatic heterocycles. The van der Waals surface area contributed by atoms with Crippen LogP contribution in [0.5, 0.6) is 11.5 Å². The lowest BCUT2D eigenvalue weighted by Gasteiger charge is -2.10. The molecular formula is C23H20BrN3O4. The van der Waals surface area contributed by atoms with E-state index in [-0.39, 0.29) is 0 Å². The van der Waals surface area contributed by atoms with Gasteiger partial charge >= 0.3 is 11.8 Å². The molecule has 7 nitrogen and oxygen atoms in total. The number of nitrogens with zero attached hydrogens (tertiary/aromatic N) is 1. The summed E-state index contributed by atoms with van der Waals surface area (Å²) in [7, 11) is 1.52. The van der Waals surface area contributed by atoms with Crippen LogP contribution in [0.3, 0.4) is 0 Å². The van der Waals surface area contributed by atoms with Gasteiger partial charge in [-0.25, -0.2) is 5.43 Å². The monoisotopic (exact) mass is 481 g/mol. The lowest BCUT2D eigenvalue weighted by Crippen LogP contribution is -2.32. The average molecular weight is 482 g/mol. The van der Waals surface area contributed by atoms with Crippen molar-refractivity contribution < 1.29 is 19.1 Å². The van der Waals surface area contributed by atoms with Gasteiger partial charge in [-0.15, -0.1) is 0 Å². The summed E-state index contributed by atoms with van der Waals surface area (Å²) in [6.07, 6.45) is 1.42. The Labute approximate surface area is 188 Å². The standard InChI is InChI=1S/C23H20BrN3O4/c1-30-20-9-5-8-19(13-20)26-22(28)23(29)27-25-14-17-12-18(24)10-11-21(17)31-15-16-6-3-2-4-7-16/h2-14H,15H2,1H3,(H,26,28)(H,27,29)/b25-14+. The number of carbonyl (C=O) groups excluding carboxylic acids is 2. The molecule has 0 spiro atoms. The second kappa shape index (κ2) is 10.9. The molecule has 0 aromatic heterocycles. The van der Waals surface area contributed by atoms with E-state index in [4.69, 9.17) is 9.47 Å². The first-order valence-corrected chi connectivity index (χ1v) is 10.1. The van der Waals surface area contributed by atoms with Gasteiger partial charge in [-0.3, -0.25) is 9.59 Å². The Bertz CT molecular complexity index is 1090. The van der Waals surface area contributed by atoms with Gasteiger partial charge in [0.1, 0.15) is 18.1 Å². The number of carbonyl (C=O) groups is 2. The van der Waals surface area contributed by atoms with Crippen molar-refractivity contribution in [2.75, 3.05) is 12.4 Å². The summed E-state index contributed by atoms with van der Waals surface area (Å²) in [5.74, 6) is -0.596. The molecule has 0 atom stereocenters. The molecule has 0 unspecified atom stereocenters. The Morgan fingerprint density at radius 1 is 1.00 bits per heavy atom. The van der Waals surface area contributed by atoms with E-state index in [9.17, 15) is 9.59 Å². The molecule has 0 aliphatic carbocycles. The maximum absolute atomic E-state index is 12.1. The van der Waals surface area contributed by atoms with Crippen LogP contribution >= 0.6 is 15.9 Å². The van der Waals surface area contributed by atoms with E-state index in [1.165, 1.54) is 13.3 Å². The van der Waals surface area contributed by atoms with Gasteiger partial charge in [0.05, 0.1) is 13.3 Å². The fourth-order valence-electron chi connectivity index (χ4n) is 2.59. The number of benzene rings is 3. The molecule has 3 aromatic carbocycles. The Morgan fingerprint density at radius 2 is 1.81 bits per heavy atom. The Hall–Kier alpha value is -3.65. The Balaban J connectivity index is 1.60. The molecule has 0 fully saturated rings. The molecule has 2 amide bonds. The highest BCUT2D eigenvalue weighted by atomic mass is 79.9. The van der Waals surface area contributed by atoms with Crippen LogP contribution in [0.1, 0.15) is 11.1 Å². The van der Waals surface area contributed by atoms with Gasteiger partial charge in [0.2, 0.25) is 0 Å². The van der Waals surface area contributed by atoms with Gasteiger partial charge < -0.3 is 14.8 Å². The van der Waals surface area contributed by atoms with Crippen molar-refractivity contribution >= 4 is 39.6 Å². The minimum absolute atomic E-state index is 0.388. The van der Waals surface area contributed by atoms with E-state index in [0.29, 0.717) is 29.4 Å². The van der Waals surface area contributed by atoms with Crippen LogP contribution in [-0.4, -0.2) is 25.1 Å². The second-order valence-corrected chi connectivity index (χ2v) is 7.26. The molecule has 31 heavy (non-hydrogen) atoms. The molecule has 8 heteroatoms. The highest BCUT2D eigenvalue weighted by Crippen LogP contribution is 2.23. The average Bonchev–Trinajstić information content (AvgIpc) is 2.79. The number of halogens is 1. The normalized spacial score (nSPS) is 10.5. The van der Waals surface area contributed by atoms with Crippen LogP contribution < -0.4 is 20.2 Å². The minimum atomic E-state index is -0.902. The van der Waals surface area contributed by atoms with Crippen molar-refractivity contribution in [3.05, 3.63) is 88.4 Å². The summed E-state index contributed by atoms with van der Waals surface area (Å²) in [6, 6.07) is 21.9. The quantitative estimate of drug-likeness (QED) is 0.301. The first-order chi connectivity index (χ1) is 15.0. The van der Waals surface area contributed by atoms with Gasteiger partial charge in [0.25, 0.3) is 0 Å². The summed E-state index contributed by atoms with van der Waals surface area (Å²) >= 11 is 3.41. The van der Waals surface area contributed by atoms with Gasteiger partial charge in [0.15, 0.2) is 0 Å². The van der Waals surface area contributed by atoms with Gasteiger partial charge in [-0.1, -0.05) is 52.3 Å². The third kappa shape index (κ3) is 6.68. The number of nitrogens with one attached hydrogen (secondary N) is 2. The number of hydrogen-bond acceptors (Lipinski definition) is 5. The molecule has 0 saturated carbocycles. The predicted molar refractivity (Wildman–Crippen MR) is 122 cm³/mol. The van der Waals surface area contributed by atoms with Crippen molar-refractivity contribution in [3.8, 4) is 11.5 Å². The number of hydrogen-bond donors (Lipinski definition) is 2. The van der Waals surface area contributed by atoms with E-state index in [2.05, 4.69) is 31.8 Å². The first kappa shape index (κ1) is 22.0. The van der Waals surface area contributed by atoms with E-state index >= 15 is 0 Å². The Kier molecular flexibility index (Phi) is 7.78. The zero-order chi connectivity index (χ0) is 22.1. The molecule has 0 radical (unpaired) electrons. The van der Waals surface area contributed by atoms with E-state index in [0.717, 1.165) is 10.0 Å². The zero-order valence-corrected chi connectivity index (χ0v) is 18.3. The first-order valence-electron chi connectivity index (χ1n) is 9.30. The fraction of sp³-hybridized carbons (Fsp3) is 0.0870. The number of amides is 2. The van der Waals surface area contributed by atoms with E-state index in [1.807, 2.05) is 36.4 Å². The number of anilines is 1. The minimum Gasteiger partial charge on any atom is -0.497 e. The third-order valence-electron chi connectivity index (χ3n) is 4.11. The smallest absolute Gasteiger partial charge is 0.329 e. The molecule has 0 heterocycles. The summed E-state index contributed by atoms with van der Waals surface area (Å²) in [4.78, 5) is 24.1. The van der Waals surface area contributed by atoms with Crippen LogP contribution in [0.4, 0.5) is 5.69 Å².